The van der Waals surface area contributed by atoms with Crippen molar-refractivity contribution in [1.29, 1.82) is 0 Å². The number of rotatable bonds is 5. The number of sulfonamides is 1. The molecular formula is C29H32N2O4S2. The van der Waals surface area contributed by atoms with Crippen molar-refractivity contribution < 1.29 is 16.8 Å². The van der Waals surface area contributed by atoms with E-state index in [2.05, 4.69) is 17.0 Å². The summed E-state index contributed by atoms with van der Waals surface area (Å²) in [6.07, 6.45) is 1.61. The number of hydrogen-bond donors (Lipinski definition) is 0. The average Bonchev–Trinajstić information content (AvgIpc) is 3.44. The lowest BCUT2D eigenvalue weighted by atomic mass is 9.74. The normalized spacial score (nSPS) is 25.3. The monoisotopic (exact) mass is 536 g/mol. The Labute approximate surface area is 219 Å². The Bertz CT molecular complexity index is 1480. The van der Waals surface area contributed by atoms with Gasteiger partial charge in [-0.2, -0.15) is 4.31 Å². The molecule has 3 aliphatic rings. The highest BCUT2D eigenvalue weighted by molar-refractivity contribution is 7.91. The number of likely N-dealkylation sites (tertiary alicyclic amines) is 1. The quantitative estimate of drug-likeness (QED) is 0.494. The molecule has 3 aliphatic heterocycles. The first-order chi connectivity index (χ1) is 17.8. The van der Waals surface area contributed by atoms with E-state index in [1.54, 1.807) is 34.6 Å². The van der Waals surface area contributed by atoms with Crippen molar-refractivity contribution in [1.82, 2.24) is 9.21 Å². The minimum atomic E-state index is -3.57. The maximum atomic E-state index is 13.5. The van der Waals surface area contributed by atoms with E-state index >= 15 is 0 Å². The molecule has 0 saturated carbocycles. The highest BCUT2D eigenvalue weighted by Gasteiger charge is 2.49. The van der Waals surface area contributed by atoms with Crippen molar-refractivity contribution in [3.8, 4) is 0 Å². The minimum absolute atomic E-state index is 0.114. The van der Waals surface area contributed by atoms with Gasteiger partial charge in [-0.1, -0.05) is 66.7 Å². The topological polar surface area (TPSA) is 74.8 Å². The van der Waals surface area contributed by atoms with Gasteiger partial charge in [0.1, 0.15) is 0 Å². The van der Waals surface area contributed by atoms with Gasteiger partial charge in [0.25, 0.3) is 0 Å². The second kappa shape index (κ2) is 9.34. The highest BCUT2D eigenvalue weighted by Crippen LogP contribution is 2.47. The fourth-order valence-corrected chi connectivity index (χ4v) is 10.4. The third kappa shape index (κ3) is 4.44. The maximum absolute atomic E-state index is 13.5. The van der Waals surface area contributed by atoms with Crippen LogP contribution >= 0.6 is 0 Å². The number of nitrogens with zero attached hydrogens (tertiary/aromatic N) is 2. The molecule has 8 heteroatoms. The second-order valence-corrected chi connectivity index (χ2v) is 14.6. The molecule has 3 aromatic carbocycles. The van der Waals surface area contributed by atoms with Gasteiger partial charge in [-0.3, -0.25) is 0 Å². The molecule has 2 fully saturated rings. The number of fused-ring (bicyclic) bond motifs is 2. The fraction of sp³-hybridized carbons (Fsp3) is 0.379. The summed E-state index contributed by atoms with van der Waals surface area (Å²) >= 11 is 0. The third-order valence-electron chi connectivity index (χ3n) is 8.58. The van der Waals surface area contributed by atoms with Crippen molar-refractivity contribution in [2.75, 3.05) is 38.5 Å². The predicted molar refractivity (Wildman–Crippen MR) is 144 cm³/mol. The Morgan fingerprint density at radius 3 is 2.14 bits per heavy atom. The highest BCUT2D eigenvalue weighted by atomic mass is 32.2. The van der Waals surface area contributed by atoms with Gasteiger partial charge in [0.15, 0.2) is 9.84 Å². The van der Waals surface area contributed by atoms with Crippen LogP contribution in [0.5, 0.6) is 0 Å². The molecule has 3 aromatic rings. The Morgan fingerprint density at radius 1 is 0.811 bits per heavy atom. The van der Waals surface area contributed by atoms with E-state index < -0.39 is 19.9 Å². The van der Waals surface area contributed by atoms with Crippen LogP contribution < -0.4 is 0 Å². The van der Waals surface area contributed by atoms with Crippen LogP contribution in [0.4, 0.5) is 0 Å². The molecule has 6 rings (SSSR count). The van der Waals surface area contributed by atoms with Gasteiger partial charge >= 0.3 is 0 Å². The lowest BCUT2D eigenvalue weighted by molar-refractivity contribution is 0.148. The first-order valence-corrected chi connectivity index (χ1v) is 16.0. The Balaban J connectivity index is 1.21. The summed E-state index contributed by atoms with van der Waals surface area (Å²) in [7, 11) is -6.81. The molecule has 2 saturated heterocycles. The van der Waals surface area contributed by atoms with Gasteiger partial charge < -0.3 is 4.90 Å². The molecule has 2 atom stereocenters. The van der Waals surface area contributed by atoms with E-state index in [1.165, 1.54) is 5.56 Å². The van der Waals surface area contributed by atoms with Gasteiger partial charge in [0, 0.05) is 31.0 Å². The van der Waals surface area contributed by atoms with E-state index in [1.807, 2.05) is 42.5 Å². The lowest BCUT2D eigenvalue weighted by Crippen LogP contribution is -2.45. The van der Waals surface area contributed by atoms with Crippen LogP contribution in [0.15, 0.2) is 94.7 Å². The zero-order valence-corrected chi connectivity index (χ0v) is 22.4. The minimum Gasteiger partial charge on any atom is -0.303 e. The Kier molecular flexibility index (Phi) is 6.26. The number of benzene rings is 3. The number of sulfone groups is 1. The first-order valence-electron chi connectivity index (χ1n) is 12.9. The second-order valence-electron chi connectivity index (χ2n) is 10.7. The predicted octanol–water partition coefficient (Wildman–Crippen LogP) is 3.91. The van der Waals surface area contributed by atoms with E-state index in [4.69, 9.17) is 0 Å². The fourth-order valence-electron chi connectivity index (χ4n) is 6.64. The van der Waals surface area contributed by atoms with Gasteiger partial charge in [0.05, 0.1) is 15.5 Å². The number of hydrogen-bond acceptors (Lipinski definition) is 5. The van der Waals surface area contributed by atoms with Crippen LogP contribution in [0.3, 0.4) is 0 Å². The average molecular weight is 537 g/mol. The standard InChI is InChI=1S/C29H32N2O4S2/c32-36(33)22-29(27-13-7-8-14-28(27)36)15-17-30(18-16-29)19-24-20-31(21-26(24)23-9-3-1-4-10-23)37(34,35)25-11-5-2-6-12-25/h1-14,24,26H,15-22H2/t24-,26+/m1/s1. The molecule has 0 bridgehead atoms. The summed E-state index contributed by atoms with van der Waals surface area (Å²) < 4.78 is 54.3. The summed E-state index contributed by atoms with van der Waals surface area (Å²) in [5, 5.41) is 0. The van der Waals surface area contributed by atoms with Crippen molar-refractivity contribution in [2.45, 2.75) is 34.0 Å². The van der Waals surface area contributed by atoms with Crippen LogP contribution in [0.1, 0.15) is 29.9 Å². The summed E-state index contributed by atoms with van der Waals surface area (Å²) in [6.45, 7) is 3.37. The Hall–Kier alpha value is -2.52. The third-order valence-corrected chi connectivity index (χ3v) is 12.4. The summed E-state index contributed by atoms with van der Waals surface area (Å²) in [6, 6.07) is 26.4. The van der Waals surface area contributed by atoms with Crippen molar-refractivity contribution in [3.63, 3.8) is 0 Å². The van der Waals surface area contributed by atoms with Crippen LogP contribution in [-0.4, -0.2) is 64.5 Å². The van der Waals surface area contributed by atoms with E-state index in [-0.39, 0.29) is 23.0 Å². The van der Waals surface area contributed by atoms with E-state index in [0.717, 1.165) is 38.0 Å². The van der Waals surface area contributed by atoms with Crippen LogP contribution in [-0.2, 0) is 25.3 Å². The van der Waals surface area contributed by atoms with Gasteiger partial charge in [-0.05, 0) is 61.2 Å². The van der Waals surface area contributed by atoms with Gasteiger partial charge in [0.2, 0.25) is 10.0 Å². The maximum Gasteiger partial charge on any atom is 0.243 e. The largest absolute Gasteiger partial charge is 0.303 e. The van der Waals surface area contributed by atoms with Crippen molar-refractivity contribution in [2.24, 2.45) is 5.92 Å². The molecular weight excluding hydrogens is 504 g/mol. The van der Waals surface area contributed by atoms with E-state index in [0.29, 0.717) is 22.9 Å². The smallest absolute Gasteiger partial charge is 0.243 e. The molecule has 0 aliphatic carbocycles. The van der Waals surface area contributed by atoms with Gasteiger partial charge in [-0.15, -0.1) is 0 Å². The van der Waals surface area contributed by atoms with Crippen molar-refractivity contribution >= 4 is 19.9 Å². The zero-order chi connectivity index (χ0) is 25.7. The molecule has 1 spiro atoms. The summed E-state index contributed by atoms with van der Waals surface area (Å²) in [5.41, 5.74) is 1.85. The molecule has 194 valence electrons. The molecule has 0 amide bonds. The first kappa shape index (κ1) is 24.8. The molecule has 0 N–H and O–H groups in total. The zero-order valence-electron chi connectivity index (χ0n) is 20.7. The van der Waals surface area contributed by atoms with Crippen LogP contribution in [0.25, 0.3) is 0 Å². The van der Waals surface area contributed by atoms with Crippen LogP contribution in [0, 0.1) is 5.92 Å². The van der Waals surface area contributed by atoms with Crippen LogP contribution in [0.2, 0.25) is 0 Å². The Morgan fingerprint density at radius 2 is 1.43 bits per heavy atom. The molecule has 6 nitrogen and oxygen atoms in total. The molecule has 3 heterocycles. The molecule has 37 heavy (non-hydrogen) atoms. The van der Waals surface area contributed by atoms with Crippen molar-refractivity contribution in [3.05, 3.63) is 96.1 Å². The summed E-state index contributed by atoms with van der Waals surface area (Å²) in [5.74, 6) is 0.476. The lowest BCUT2D eigenvalue weighted by Gasteiger charge is -2.40. The SMILES string of the molecule is O=S1(=O)CC2(CCN(C[C@@H]3CN(S(=O)(=O)c4ccccc4)C[C@H]3c3ccccc3)CC2)c2ccccc21. The molecule has 0 radical (unpaired) electrons. The molecule has 0 unspecified atom stereocenters. The number of piperidine rings is 1. The van der Waals surface area contributed by atoms with Gasteiger partial charge in [-0.25, -0.2) is 16.8 Å². The summed E-state index contributed by atoms with van der Waals surface area (Å²) in [4.78, 5) is 3.26. The van der Waals surface area contributed by atoms with E-state index in [9.17, 15) is 16.8 Å². The molecule has 0 aromatic heterocycles.